The molecule has 1 N–H and O–H groups in total. The van der Waals surface area contributed by atoms with Gasteiger partial charge in [-0.2, -0.15) is 4.98 Å². The summed E-state index contributed by atoms with van der Waals surface area (Å²) in [5.74, 6) is 0.262. The average molecular weight is 428 g/mol. The number of nitrogens with one attached hydrogen (secondary N) is 1. The average Bonchev–Trinajstić information content (AvgIpc) is 3.22. The molecular weight excluding hydrogens is 406 g/mol. The molecule has 0 atom stereocenters. The van der Waals surface area contributed by atoms with Gasteiger partial charge < -0.3 is 14.6 Å². The molecule has 156 valence electrons. The molecule has 1 aromatic heterocycles. The van der Waals surface area contributed by atoms with Crippen molar-refractivity contribution in [2.24, 2.45) is 0 Å². The number of carbonyl (C=O) groups excluding carboxylic acids is 2. The summed E-state index contributed by atoms with van der Waals surface area (Å²) in [5, 5.41) is 7.33. The lowest BCUT2D eigenvalue weighted by atomic mass is 10.2. The second-order valence-electron chi connectivity index (χ2n) is 6.63. The molecule has 0 bridgehead atoms. The highest BCUT2D eigenvalue weighted by Gasteiger charge is 2.12. The van der Waals surface area contributed by atoms with Crippen molar-refractivity contribution in [2.75, 3.05) is 11.9 Å². The first-order valence-electron chi connectivity index (χ1n) is 9.70. The molecule has 8 heteroatoms. The maximum absolute atomic E-state index is 12.2. The molecule has 0 saturated heterocycles. The van der Waals surface area contributed by atoms with Gasteiger partial charge in [-0.15, -0.1) is 0 Å². The Morgan fingerprint density at radius 2 is 1.83 bits per heavy atom. The fourth-order valence-corrected chi connectivity index (χ4v) is 2.72. The fraction of sp³-hybridized carbons (Fsp3) is 0.273. The predicted octanol–water partition coefficient (Wildman–Crippen LogP) is 4.92. The van der Waals surface area contributed by atoms with Crippen LogP contribution < -0.4 is 5.32 Å². The van der Waals surface area contributed by atoms with Crippen LogP contribution in [0.25, 0.3) is 11.4 Å². The molecule has 30 heavy (non-hydrogen) atoms. The molecule has 0 aliphatic carbocycles. The topological polar surface area (TPSA) is 94.3 Å². The van der Waals surface area contributed by atoms with Gasteiger partial charge in [0.05, 0.1) is 12.2 Å². The zero-order valence-corrected chi connectivity index (χ0v) is 17.3. The van der Waals surface area contributed by atoms with Crippen molar-refractivity contribution < 1.29 is 18.8 Å². The number of amides is 1. The lowest BCUT2D eigenvalue weighted by molar-refractivity contribution is -0.116. The summed E-state index contributed by atoms with van der Waals surface area (Å²) in [5.41, 5.74) is 1.83. The third-order valence-electron chi connectivity index (χ3n) is 4.27. The molecule has 0 spiro atoms. The molecule has 1 heterocycles. The van der Waals surface area contributed by atoms with Gasteiger partial charge in [0.2, 0.25) is 17.6 Å². The van der Waals surface area contributed by atoms with E-state index in [9.17, 15) is 9.59 Å². The van der Waals surface area contributed by atoms with Crippen LogP contribution in [0.1, 0.15) is 42.4 Å². The SMILES string of the molecule is CCCCOC(=O)c1ccc(NC(=O)CCc2nc(-c3ccc(Cl)cc3)no2)cc1. The molecule has 7 nitrogen and oxygen atoms in total. The van der Waals surface area contributed by atoms with Crippen molar-refractivity contribution in [3.63, 3.8) is 0 Å². The van der Waals surface area contributed by atoms with Crippen LogP contribution in [0.4, 0.5) is 5.69 Å². The van der Waals surface area contributed by atoms with E-state index in [1.165, 1.54) is 0 Å². The Hall–Kier alpha value is -3.19. The molecule has 3 rings (SSSR count). The van der Waals surface area contributed by atoms with E-state index in [-0.39, 0.29) is 18.3 Å². The van der Waals surface area contributed by atoms with Gasteiger partial charge in [-0.3, -0.25) is 4.79 Å². The Balaban J connectivity index is 1.48. The number of halogens is 1. The van der Waals surface area contributed by atoms with Crippen LogP contribution in [0.5, 0.6) is 0 Å². The molecule has 0 aliphatic rings. The van der Waals surface area contributed by atoms with Gasteiger partial charge in [0.15, 0.2) is 0 Å². The van der Waals surface area contributed by atoms with Gasteiger partial charge in [-0.25, -0.2) is 4.79 Å². The third kappa shape index (κ3) is 6.15. The highest BCUT2D eigenvalue weighted by atomic mass is 35.5. The van der Waals surface area contributed by atoms with Crippen LogP contribution in [0.3, 0.4) is 0 Å². The Labute approximate surface area is 179 Å². The fourth-order valence-electron chi connectivity index (χ4n) is 2.60. The number of nitrogens with zero attached hydrogens (tertiary/aromatic N) is 2. The molecule has 0 aliphatic heterocycles. The number of benzene rings is 2. The number of carbonyl (C=O) groups is 2. The minimum Gasteiger partial charge on any atom is -0.462 e. The normalized spacial score (nSPS) is 10.6. The molecule has 0 saturated carbocycles. The summed E-state index contributed by atoms with van der Waals surface area (Å²) >= 11 is 5.87. The maximum atomic E-state index is 12.2. The first-order chi connectivity index (χ1) is 14.5. The van der Waals surface area contributed by atoms with Crippen LogP contribution in [-0.2, 0) is 16.0 Å². The number of esters is 1. The van der Waals surface area contributed by atoms with E-state index in [2.05, 4.69) is 15.5 Å². The van der Waals surface area contributed by atoms with Gasteiger partial charge >= 0.3 is 5.97 Å². The van der Waals surface area contributed by atoms with Gasteiger partial charge in [-0.1, -0.05) is 30.1 Å². The van der Waals surface area contributed by atoms with Crippen molar-refractivity contribution in [1.82, 2.24) is 10.1 Å². The molecular formula is C22H22ClN3O4. The molecule has 2 aromatic carbocycles. The van der Waals surface area contributed by atoms with Crippen LogP contribution in [-0.4, -0.2) is 28.6 Å². The highest BCUT2D eigenvalue weighted by Crippen LogP contribution is 2.19. The second-order valence-corrected chi connectivity index (χ2v) is 7.07. The van der Waals surface area contributed by atoms with Gasteiger partial charge in [0.25, 0.3) is 0 Å². The Kier molecular flexibility index (Phi) is 7.57. The molecule has 1 amide bonds. The van der Waals surface area contributed by atoms with E-state index in [4.69, 9.17) is 20.9 Å². The number of aromatic nitrogens is 2. The smallest absolute Gasteiger partial charge is 0.338 e. The summed E-state index contributed by atoms with van der Waals surface area (Å²) in [7, 11) is 0. The summed E-state index contributed by atoms with van der Waals surface area (Å²) in [6, 6.07) is 13.7. The monoisotopic (exact) mass is 427 g/mol. The molecule has 0 radical (unpaired) electrons. The lowest BCUT2D eigenvalue weighted by Gasteiger charge is -2.06. The summed E-state index contributed by atoms with van der Waals surface area (Å²) in [6.45, 7) is 2.44. The minimum absolute atomic E-state index is 0.184. The zero-order chi connectivity index (χ0) is 21.3. The van der Waals surface area contributed by atoms with E-state index >= 15 is 0 Å². The summed E-state index contributed by atoms with van der Waals surface area (Å²) in [4.78, 5) is 28.4. The van der Waals surface area contributed by atoms with Crippen LogP contribution in [0.2, 0.25) is 5.02 Å². The van der Waals surface area contributed by atoms with Gasteiger partial charge in [0, 0.05) is 29.1 Å². The zero-order valence-electron chi connectivity index (χ0n) is 16.6. The number of hydrogen-bond acceptors (Lipinski definition) is 6. The summed E-state index contributed by atoms with van der Waals surface area (Å²) in [6.07, 6.45) is 2.29. The predicted molar refractivity (Wildman–Crippen MR) is 113 cm³/mol. The van der Waals surface area contributed by atoms with E-state index in [1.807, 2.05) is 6.92 Å². The summed E-state index contributed by atoms with van der Waals surface area (Å²) < 4.78 is 10.4. The maximum Gasteiger partial charge on any atom is 0.338 e. The van der Waals surface area contributed by atoms with Crippen LogP contribution >= 0.6 is 11.6 Å². The van der Waals surface area contributed by atoms with Crippen LogP contribution in [0, 0.1) is 0 Å². The van der Waals surface area contributed by atoms with E-state index in [0.717, 1.165) is 18.4 Å². The first-order valence-corrected chi connectivity index (χ1v) is 10.1. The largest absolute Gasteiger partial charge is 0.462 e. The van der Waals surface area contributed by atoms with Gasteiger partial charge in [-0.05, 0) is 55.0 Å². The molecule has 3 aromatic rings. The number of ether oxygens (including phenoxy) is 1. The van der Waals surface area contributed by atoms with Crippen molar-refractivity contribution in [2.45, 2.75) is 32.6 Å². The minimum atomic E-state index is -0.366. The molecule has 0 fully saturated rings. The number of anilines is 1. The van der Waals surface area contributed by atoms with E-state index in [1.54, 1.807) is 48.5 Å². The van der Waals surface area contributed by atoms with Crippen LogP contribution in [0.15, 0.2) is 53.1 Å². The molecule has 0 unspecified atom stereocenters. The van der Waals surface area contributed by atoms with Crippen molar-refractivity contribution >= 4 is 29.2 Å². The Morgan fingerprint density at radius 3 is 2.53 bits per heavy atom. The Morgan fingerprint density at radius 1 is 1.10 bits per heavy atom. The number of aryl methyl sites for hydroxylation is 1. The number of unbranched alkanes of at least 4 members (excludes halogenated alkanes) is 1. The van der Waals surface area contributed by atoms with Crippen molar-refractivity contribution in [3.05, 3.63) is 65.0 Å². The third-order valence-corrected chi connectivity index (χ3v) is 4.52. The van der Waals surface area contributed by atoms with Crippen molar-refractivity contribution in [1.29, 1.82) is 0 Å². The standard InChI is InChI=1S/C22H22ClN3O4/c1-2-3-14-29-22(28)16-6-10-18(11-7-16)24-19(27)12-13-20-25-21(26-30-20)15-4-8-17(23)9-5-15/h4-11H,2-3,12-14H2,1H3,(H,24,27). The number of hydrogen-bond donors (Lipinski definition) is 1. The van der Waals surface area contributed by atoms with E-state index in [0.29, 0.717) is 41.0 Å². The second kappa shape index (κ2) is 10.5. The van der Waals surface area contributed by atoms with E-state index < -0.39 is 0 Å². The van der Waals surface area contributed by atoms with Crippen molar-refractivity contribution in [3.8, 4) is 11.4 Å². The highest BCUT2D eigenvalue weighted by molar-refractivity contribution is 6.30. The Bertz CT molecular complexity index is 984. The quantitative estimate of drug-likeness (QED) is 0.384. The first kappa shape index (κ1) is 21.5. The van der Waals surface area contributed by atoms with Gasteiger partial charge in [0.1, 0.15) is 0 Å². The lowest BCUT2D eigenvalue weighted by Crippen LogP contribution is -2.13. The number of rotatable bonds is 9.